The smallest absolute Gasteiger partial charge is 0.411 e. The van der Waals surface area contributed by atoms with E-state index in [1.807, 2.05) is 24.3 Å². The molecule has 3 amide bonds. The Balaban J connectivity index is 1.76. The van der Waals surface area contributed by atoms with Crippen molar-refractivity contribution in [3.63, 3.8) is 0 Å². The van der Waals surface area contributed by atoms with Crippen molar-refractivity contribution >= 4 is 33.8 Å². The summed E-state index contributed by atoms with van der Waals surface area (Å²) in [7, 11) is 0. The highest BCUT2D eigenvalue weighted by Crippen LogP contribution is 2.30. The molecule has 2 heterocycles. The fourth-order valence-corrected chi connectivity index (χ4v) is 3.01. The SMILES string of the molecule is O=C1CC[C@@H](N2C[C@H](c3cccc(Br)c3)OC2=O)C(=O)N1. The lowest BCUT2D eigenvalue weighted by molar-refractivity contribution is -0.136. The maximum absolute atomic E-state index is 12.0. The fourth-order valence-electron chi connectivity index (χ4n) is 2.59. The molecule has 1 N–H and O–H groups in total. The topological polar surface area (TPSA) is 75.7 Å². The number of nitrogens with one attached hydrogen (secondary N) is 1. The number of ether oxygens (including phenoxy) is 1. The number of amides is 3. The van der Waals surface area contributed by atoms with Crippen LogP contribution in [0.3, 0.4) is 0 Å². The number of piperidine rings is 1. The number of benzene rings is 1. The number of hydrogen-bond donors (Lipinski definition) is 1. The Morgan fingerprint density at radius 1 is 1.29 bits per heavy atom. The Bertz CT molecular complexity index is 619. The van der Waals surface area contributed by atoms with E-state index in [1.165, 1.54) is 4.90 Å². The number of hydrogen-bond acceptors (Lipinski definition) is 4. The maximum Gasteiger partial charge on any atom is 0.411 e. The first-order valence-electron chi connectivity index (χ1n) is 6.61. The van der Waals surface area contributed by atoms with Gasteiger partial charge in [0, 0.05) is 10.9 Å². The highest BCUT2D eigenvalue weighted by Gasteiger charge is 2.41. The Kier molecular flexibility index (Phi) is 3.67. The summed E-state index contributed by atoms with van der Waals surface area (Å²) in [5, 5.41) is 2.26. The van der Waals surface area contributed by atoms with Gasteiger partial charge in [-0.1, -0.05) is 28.1 Å². The lowest BCUT2D eigenvalue weighted by Crippen LogP contribution is -2.52. The van der Waals surface area contributed by atoms with Gasteiger partial charge >= 0.3 is 6.09 Å². The van der Waals surface area contributed by atoms with Crippen molar-refractivity contribution in [3.8, 4) is 0 Å². The van der Waals surface area contributed by atoms with Crippen molar-refractivity contribution in [3.05, 3.63) is 34.3 Å². The zero-order valence-electron chi connectivity index (χ0n) is 11.0. The van der Waals surface area contributed by atoms with Gasteiger partial charge in [-0.2, -0.15) is 0 Å². The molecule has 2 fully saturated rings. The van der Waals surface area contributed by atoms with Gasteiger partial charge in [0.25, 0.3) is 0 Å². The van der Waals surface area contributed by atoms with Gasteiger partial charge in [0.05, 0.1) is 6.54 Å². The van der Waals surface area contributed by atoms with Crippen LogP contribution in [-0.4, -0.2) is 35.4 Å². The molecule has 0 saturated carbocycles. The van der Waals surface area contributed by atoms with Crippen LogP contribution in [0.1, 0.15) is 24.5 Å². The molecule has 7 heteroatoms. The average molecular weight is 353 g/mol. The van der Waals surface area contributed by atoms with Crippen LogP contribution in [0.4, 0.5) is 4.79 Å². The Morgan fingerprint density at radius 2 is 2.10 bits per heavy atom. The Morgan fingerprint density at radius 3 is 2.81 bits per heavy atom. The summed E-state index contributed by atoms with van der Waals surface area (Å²) >= 11 is 3.38. The number of cyclic esters (lactones) is 1. The van der Waals surface area contributed by atoms with E-state index in [0.29, 0.717) is 13.0 Å². The van der Waals surface area contributed by atoms with E-state index >= 15 is 0 Å². The molecule has 110 valence electrons. The monoisotopic (exact) mass is 352 g/mol. The second-order valence-electron chi connectivity index (χ2n) is 5.05. The van der Waals surface area contributed by atoms with Crippen molar-refractivity contribution in [2.24, 2.45) is 0 Å². The molecule has 0 unspecified atom stereocenters. The largest absolute Gasteiger partial charge is 0.439 e. The van der Waals surface area contributed by atoms with Crippen LogP contribution in [0.2, 0.25) is 0 Å². The van der Waals surface area contributed by atoms with Gasteiger partial charge in [0.15, 0.2) is 0 Å². The zero-order chi connectivity index (χ0) is 15.0. The molecule has 3 rings (SSSR count). The van der Waals surface area contributed by atoms with Gasteiger partial charge in [-0.15, -0.1) is 0 Å². The lowest BCUT2D eigenvalue weighted by atomic mass is 10.0. The first-order valence-corrected chi connectivity index (χ1v) is 7.40. The van der Waals surface area contributed by atoms with Crippen molar-refractivity contribution in [2.45, 2.75) is 25.0 Å². The van der Waals surface area contributed by atoms with Crippen LogP contribution in [0.5, 0.6) is 0 Å². The summed E-state index contributed by atoms with van der Waals surface area (Å²) in [4.78, 5) is 36.4. The van der Waals surface area contributed by atoms with Crippen LogP contribution < -0.4 is 5.32 Å². The van der Waals surface area contributed by atoms with E-state index in [4.69, 9.17) is 4.74 Å². The standard InChI is InChI=1S/C14H13BrN2O4/c15-9-3-1-2-8(6-9)11-7-17(14(20)21-11)10-4-5-12(18)16-13(10)19/h1-3,6,10-11H,4-5,7H2,(H,16,18,19)/t10-,11-/m1/s1. The molecule has 1 aromatic rings. The molecule has 0 aromatic heterocycles. The third kappa shape index (κ3) is 2.78. The van der Waals surface area contributed by atoms with E-state index < -0.39 is 24.1 Å². The van der Waals surface area contributed by atoms with Gasteiger partial charge < -0.3 is 4.74 Å². The number of rotatable bonds is 2. The van der Waals surface area contributed by atoms with Crippen molar-refractivity contribution in [1.82, 2.24) is 10.2 Å². The van der Waals surface area contributed by atoms with Crippen molar-refractivity contribution < 1.29 is 19.1 Å². The highest BCUT2D eigenvalue weighted by molar-refractivity contribution is 9.10. The summed E-state index contributed by atoms with van der Waals surface area (Å²) in [6.45, 7) is 0.307. The van der Waals surface area contributed by atoms with Gasteiger partial charge in [-0.3, -0.25) is 19.8 Å². The first-order chi connectivity index (χ1) is 10.0. The van der Waals surface area contributed by atoms with Crippen molar-refractivity contribution in [1.29, 1.82) is 0 Å². The third-order valence-corrected chi connectivity index (χ3v) is 4.14. The second kappa shape index (κ2) is 5.48. The molecule has 2 aliphatic heterocycles. The predicted molar refractivity (Wildman–Crippen MR) is 76.2 cm³/mol. The second-order valence-corrected chi connectivity index (χ2v) is 5.96. The first kappa shape index (κ1) is 14.1. The normalized spacial score (nSPS) is 25.8. The van der Waals surface area contributed by atoms with Crippen LogP contribution in [0.15, 0.2) is 28.7 Å². The molecule has 2 atom stereocenters. The minimum atomic E-state index is -0.632. The van der Waals surface area contributed by atoms with Gasteiger partial charge in [-0.05, 0) is 24.1 Å². The Hall–Kier alpha value is -1.89. The van der Waals surface area contributed by atoms with Crippen molar-refractivity contribution in [2.75, 3.05) is 6.54 Å². The molecule has 0 aliphatic carbocycles. The van der Waals surface area contributed by atoms with E-state index in [0.717, 1.165) is 10.0 Å². The van der Waals surface area contributed by atoms with E-state index in [9.17, 15) is 14.4 Å². The summed E-state index contributed by atoms with van der Waals surface area (Å²) in [5.74, 6) is -0.731. The average Bonchev–Trinajstić information content (AvgIpc) is 2.81. The number of imide groups is 1. The Labute approximate surface area is 129 Å². The third-order valence-electron chi connectivity index (χ3n) is 3.65. The molecule has 0 spiro atoms. The predicted octanol–water partition coefficient (Wildman–Crippen LogP) is 1.75. The quantitative estimate of drug-likeness (QED) is 0.822. The summed E-state index contributed by atoms with van der Waals surface area (Å²) in [6, 6.07) is 6.87. The molecule has 0 bridgehead atoms. The van der Waals surface area contributed by atoms with Crippen LogP contribution in [-0.2, 0) is 14.3 Å². The van der Waals surface area contributed by atoms with Gasteiger partial charge in [0.2, 0.25) is 11.8 Å². The molecule has 6 nitrogen and oxygen atoms in total. The van der Waals surface area contributed by atoms with E-state index in [1.54, 1.807) is 0 Å². The lowest BCUT2D eigenvalue weighted by Gasteiger charge is -2.27. The highest BCUT2D eigenvalue weighted by atomic mass is 79.9. The molecular formula is C14H13BrN2O4. The number of carbonyl (C=O) groups excluding carboxylic acids is 3. The minimum Gasteiger partial charge on any atom is -0.439 e. The summed E-state index contributed by atoms with van der Waals surface area (Å²) in [5.41, 5.74) is 0.868. The maximum atomic E-state index is 12.0. The molecule has 2 aliphatic rings. The van der Waals surface area contributed by atoms with E-state index in [2.05, 4.69) is 21.2 Å². The van der Waals surface area contributed by atoms with Gasteiger partial charge in [-0.25, -0.2) is 4.79 Å². The van der Waals surface area contributed by atoms with Gasteiger partial charge in [0.1, 0.15) is 12.1 Å². The summed E-state index contributed by atoms with van der Waals surface area (Å²) < 4.78 is 6.24. The molecule has 21 heavy (non-hydrogen) atoms. The fraction of sp³-hybridized carbons (Fsp3) is 0.357. The molecule has 1 aromatic carbocycles. The number of carbonyl (C=O) groups is 3. The molecule has 0 radical (unpaired) electrons. The number of halogens is 1. The molecule has 2 saturated heterocycles. The van der Waals surface area contributed by atoms with E-state index in [-0.39, 0.29) is 12.3 Å². The van der Waals surface area contributed by atoms with Crippen LogP contribution >= 0.6 is 15.9 Å². The summed E-state index contributed by atoms with van der Waals surface area (Å²) in [6.07, 6.45) is -0.345. The zero-order valence-corrected chi connectivity index (χ0v) is 12.6. The minimum absolute atomic E-state index is 0.238. The molecular weight excluding hydrogens is 340 g/mol. The number of nitrogens with zero attached hydrogens (tertiary/aromatic N) is 1. The van der Waals surface area contributed by atoms with Crippen LogP contribution in [0, 0.1) is 0 Å². The van der Waals surface area contributed by atoms with Crippen LogP contribution in [0.25, 0.3) is 0 Å².